The lowest BCUT2D eigenvalue weighted by Gasteiger charge is -2.20. The molecule has 0 radical (unpaired) electrons. The fourth-order valence-corrected chi connectivity index (χ4v) is 1.96. The minimum atomic E-state index is -4.29. The van der Waals surface area contributed by atoms with Crippen molar-refractivity contribution in [3.05, 3.63) is 35.4 Å². The topological polar surface area (TPSA) is 32.3 Å². The highest BCUT2D eigenvalue weighted by atomic mass is 19.4. The van der Waals surface area contributed by atoms with Crippen LogP contribution in [0.5, 0.6) is 0 Å². The Morgan fingerprint density at radius 1 is 1.16 bits per heavy atom. The van der Waals surface area contributed by atoms with E-state index in [-0.39, 0.29) is 18.7 Å². The number of nitrogens with one attached hydrogen (secondary N) is 1. The molecule has 2 atom stereocenters. The molecule has 2 unspecified atom stereocenters. The van der Waals surface area contributed by atoms with Crippen LogP contribution in [0, 0.1) is 0 Å². The largest absolute Gasteiger partial charge is 0.416 e. The van der Waals surface area contributed by atoms with Crippen LogP contribution in [-0.2, 0) is 6.18 Å². The molecule has 1 aromatic carbocycles. The fraction of sp³-hybridized carbons (Fsp3) is 0.571. The molecule has 0 aliphatic rings. The van der Waals surface area contributed by atoms with Crippen molar-refractivity contribution in [2.24, 2.45) is 0 Å². The lowest BCUT2D eigenvalue weighted by atomic mass is 10.0. The normalized spacial score (nSPS) is 15.3. The van der Waals surface area contributed by atoms with Crippen molar-refractivity contribution in [1.29, 1.82) is 0 Å². The van der Waals surface area contributed by atoms with E-state index in [1.807, 2.05) is 13.8 Å². The second-order valence-electron chi connectivity index (χ2n) is 4.78. The van der Waals surface area contributed by atoms with Gasteiger partial charge in [0.25, 0.3) is 0 Å². The van der Waals surface area contributed by atoms with Gasteiger partial charge < -0.3 is 10.4 Å². The standard InChI is InChI=1S/C14H20F3NO/c1-10(4-3-9-19)18-11(2)12-5-7-13(8-6-12)14(15,16)17/h5-8,10-11,18-19H,3-4,9H2,1-2H3. The summed E-state index contributed by atoms with van der Waals surface area (Å²) in [6.07, 6.45) is -2.74. The minimum absolute atomic E-state index is 0.0176. The molecule has 0 aromatic heterocycles. The lowest BCUT2D eigenvalue weighted by molar-refractivity contribution is -0.137. The molecule has 0 fully saturated rings. The smallest absolute Gasteiger partial charge is 0.396 e. The summed E-state index contributed by atoms with van der Waals surface area (Å²) in [5, 5.41) is 12.0. The Labute approximate surface area is 111 Å². The van der Waals surface area contributed by atoms with E-state index in [9.17, 15) is 13.2 Å². The third kappa shape index (κ3) is 5.20. The maximum Gasteiger partial charge on any atom is 0.416 e. The molecule has 0 saturated carbocycles. The molecule has 1 rings (SSSR count). The van der Waals surface area contributed by atoms with E-state index >= 15 is 0 Å². The van der Waals surface area contributed by atoms with Crippen LogP contribution >= 0.6 is 0 Å². The van der Waals surface area contributed by atoms with Crippen LogP contribution in [0.25, 0.3) is 0 Å². The summed E-state index contributed by atoms with van der Waals surface area (Å²) in [5.41, 5.74) is 0.195. The maximum atomic E-state index is 12.4. The van der Waals surface area contributed by atoms with Crippen LogP contribution in [0.2, 0.25) is 0 Å². The fourth-order valence-electron chi connectivity index (χ4n) is 1.96. The van der Waals surface area contributed by atoms with Gasteiger partial charge in [-0.15, -0.1) is 0 Å². The van der Waals surface area contributed by atoms with Crippen molar-refractivity contribution < 1.29 is 18.3 Å². The highest BCUT2D eigenvalue weighted by Crippen LogP contribution is 2.29. The predicted molar refractivity (Wildman–Crippen MR) is 68.8 cm³/mol. The van der Waals surface area contributed by atoms with E-state index in [2.05, 4.69) is 5.32 Å². The molecule has 0 aliphatic carbocycles. The lowest BCUT2D eigenvalue weighted by Crippen LogP contribution is -2.29. The van der Waals surface area contributed by atoms with E-state index in [0.717, 1.165) is 24.1 Å². The van der Waals surface area contributed by atoms with Crippen molar-refractivity contribution in [3.8, 4) is 0 Å². The number of aliphatic hydroxyl groups is 1. The third-order valence-corrected chi connectivity index (χ3v) is 3.07. The number of rotatable bonds is 6. The second kappa shape index (κ2) is 6.91. The van der Waals surface area contributed by atoms with E-state index in [4.69, 9.17) is 5.11 Å². The first kappa shape index (κ1) is 16.0. The zero-order valence-corrected chi connectivity index (χ0v) is 11.2. The van der Waals surface area contributed by atoms with Crippen LogP contribution in [0.4, 0.5) is 13.2 Å². The van der Waals surface area contributed by atoms with Crippen LogP contribution in [0.3, 0.4) is 0 Å². The van der Waals surface area contributed by atoms with Gasteiger partial charge in [-0.3, -0.25) is 0 Å². The number of benzene rings is 1. The maximum absolute atomic E-state index is 12.4. The first-order valence-corrected chi connectivity index (χ1v) is 6.38. The van der Waals surface area contributed by atoms with Gasteiger partial charge in [0.2, 0.25) is 0 Å². The zero-order valence-electron chi connectivity index (χ0n) is 11.2. The molecule has 0 spiro atoms. The summed E-state index contributed by atoms with van der Waals surface area (Å²) in [6, 6.07) is 5.40. The predicted octanol–water partition coefficient (Wildman–Crippen LogP) is 3.52. The van der Waals surface area contributed by atoms with Gasteiger partial charge in [-0.2, -0.15) is 13.2 Å². The molecule has 108 valence electrons. The molecule has 19 heavy (non-hydrogen) atoms. The van der Waals surface area contributed by atoms with Crippen molar-refractivity contribution in [2.75, 3.05) is 6.61 Å². The molecule has 0 amide bonds. The molecular weight excluding hydrogens is 255 g/mol. The molecule has 0 aliphatic heterocycles. The summed E-state index contributed by atoms with van der Waals surface area (Å²) < 4.78 is 37.3. The Morgan fingerprint density at radius 3 is 2.21 bits per heavy atom. The van der Waals surface area contributed by atoms with Crippen LogP contribution in [0.15, 0.2) is 24.3 Å². The van der Waals surface area contributed by atoms with Gasteiger partial charge in [0.15, 0.2) is 0 Å². The molecule has 5 heteroatoms. The monoisotopic (exact) mass is 275 g/mol. The Morgan fingerprint density at radius 2 is 1.74 bits per heavy atom. The SMILES string of the molecule is CC(CCCO)NC(C)c1ccc(C(F)(F)F)cc1. The van der Waals surface area contributed by atoms with Crippen LogP contribution in [0.1, 0.15) is 43.9 Å². The van der Waals surface area contributed by atoms with Gasteiger partial charge in [-0.1, -0.05) is 12.1 Å². The Hall–Kier alpha value is -1.07. The minimum Gasteiger partial charge on any atom is -0.396 e. The number of alkyl halides is 3. The van der Waals surface area contributed by atoms with Crippen LogP contribution in [-0.4, -0.2) is 17.8 Å². The molecule has 2 nitrogen and oxygen atoms in total. The van der Waals surface area contributed by atoms with Gasteiger partial charge >= 0.3 is 6.18 Å². The molecule has 0 saturated heterocycles. The van der Waals surface area contributed by atoms with Gasteiger partial charge in [0.05, 0.1) is 5.56 Å². The summed E-state index contributed by atoms with van der Waals surface area (Å²) >= 11 is 0. The van der Waals surface area contributed by atoms with E-state index < -0.39 is 11.7 Å². The highest BCUT2D eigenvalue weighted by molar-refractivity contribution is 5.26. The number of halogens is 3. The second-order valence-corrected chi connectivity index (χ2v) is 4.78. The zero-order chi connectivity index (χ0) is 14.5. The van der Waals surface area contributed by atoms with Gasteiger partial charge in [0, 0.05) is 18.7 Å². The number of hydrogen-bond acceptors (Lipinski definition) is 2. The van der Waals surface area contributed by atoms with E-state index in [1.54, 1.807) is 0 Å². The molecule has 0 bridgehead atoms. The van der Waals surface area contributed by atoms with Gasteiger partial charge in [-0.25, -0.2) is 0 Å². The highest BCUT2D eigenvalue weighted by Gasteiger charge is 2.30. The summed E-state index contributed by atoms with van der Waals surface area (Å²) in [5.74, 6) is 0. The molecule has 2 N–H and O–H groups in total. The van der Waals surface area contributed by atoms with Crippen molar-refractivity contribution in [1.82, 2.24) is 5.32 Å². The van der Waals surface area contributed by atoms with Gasteiger partial charge in [0.1, 0.15) is 0 Å². The Kier molecular flexibility index (Phi) is 5.82. The van der Waals surface area contributed by atoms with Crippen LogP contribution < -0.4 is 5.32 Å². The number of aliphatic hydroxyl groups excluding tert-OH is 1. The average Bonchev–Trinajstić information content (AvgIpc) is 2.35. The Bertz CT molecular complexity index is 375. The first-order chi connectivity index (χ1) is 8.84. The summed E-state index contributed by atoms with van der Waals surface area (Å²) in [6.45, 7) is 4.06. The third-order valence-electron chi connectivity index (χ3n) is 3.07. The number of hydrogen-bond donors (Lipinski definition) is 2. The molecular formula is C14H20F3NO. The van der Waals surface area contributed by atoms with Gasteiger partial charge in [-0.05, 0) is 44.4 Å². The average molecular weight is 275 g/mol. The van der Waals surface area contributed by atoms with E-state index in [0.29, 0.717) is 6.42 Å². The summed E-state index contributed by atoms with van der Waals surface area (Å²) in [4.78, 5) is 0. The quantitative estimate of drug-likeness (QED) is 0.832. The van der Waals surface area contributed by atoms with E-state index in [1.165, 1.54) is 12.1 Å². The van der Waals surface area contributed by atoms with Crippen molar-refractivity contribution in [3.63, 3.8) is 0 Å². The molecule has 0 heterocycles. The van der Waals surface area contributed by atoms with Crippen molar-refractivity contribution >= 4 is 0 Å². The first-order valence-electron chi connectivity index (χ1n) is 6.38. The molecule has 1 aromatic rings. The van der Waals surface area contributed by atoms with Crippen molar-refractivity contribution in [2.45, 2.75) is 44.9 Å². The summed E-state index contributed by atoms with van der Waals surface area (Å²) in [7, 11) is 0. The Balaban J connectivity index is 2.60.